The van der Waals surface area contributed by atoms with Crippen LogP contribution >= 0.6 is 75.1 Å². The van der Waals surface area contributed by atoms with E-state index in [0.717, 1.165) is 31.4 Å². The summed E-state index contributed by atoms with van der Waals surface area (Å²) in [6.45, 7) is 0. The maximum Gasteiger partial charge on any atom is 0.416 e. The summed E-state index contributed by atoms with van der Waals surface area (Å²) in [6.07, 6.45) is -4.41. The van der Waals surface area contributed by atoms with Gasteiger partial charge in [0.05, 0.1) is 30.5 Å². The molecule has 0 atom stereocenters. The number of benzene rings is 1. The average molecular weight is 610 g/mol. The van der Waals surface area contributed by atoms with E-state index < -0.39 is 11.7 Å². The summed E-state index contributed by atoms with van der Waals surface area (Å²) in [5.41, 5.74) is 0.916. The summed E-state index contributed by atoms with van der Waals surface area (Å²) < 4.78 is 41.6. The van der Waals surface area contributed by atoms with Gasteiger partial charge in [0.25, 0.3) is 0 Å². The quantitative estimate of drug-likeness (QED) is 0.315. The summed E-state index contributed by atoms with van der Waals surface area (Å²) in [5, 5.41) is 2.39. The maximum atomic E-state index is 13.0. The minimum atomic E-state index is -4.41. The minimum Gasteiger partial charge on any atom is -0.345 e. The Balaban J connectivity index is 2.05. The lowest BCUT2D eigenvalue weighted by molar-refractivity contribution is -0.137. The highest BCUT2D eigenvalue weighted by molar-refractivity contribution is 9.14. The van der Waals surface area contributed by atoms with E-state index in [1.807, 2.05) is 0 Å². The molecule has 126 valence electrons. The lowest BCUT2D eigenvalue weighted by Gasteiger charge is -2.08. The van der Waals surface area contributed by atoms with E-state index in [4.69, 9.17) is 0 Å². The van der Waals surface area contributed by atoms with Crippen molar-refractivity contribution in [1.82, 2.24) is 9.97 Å². The van der Waals surface area contributed by atoms with E-state index in [9.17, 15) is 13.2 Å². The van der Waals surface area contributed by atoms with Crippen LogP contribution in [-0.2, 0) is 6.18 Å². The lowest BCUT2D eigenvalue weighted by atomic mass is 10.1. The molecular weight excluding hydrogens is 605 g/mol. The van der Waals surface area contributed by atoms with Crippen LogP contribution in [0.25, 0.3) is 22.0 Å². The first kappa shape index (κ1) is 18.6. The molecule has 0 aliphatic carbocycles. The van der Waals surface area contributed by atoms with Gasteiger partial charge in [-0.3, -0.25) is 0 Å². The zero-order valence-corrected chi connectivity index (χ0v) is 18.5. The molecule has 0 fully saturated rings. The molecular formula is C14H5Br4F3N2S. The predicted octanol–water partition coefficient (Wildman–Crippen LogP) is 7.87. The van der Waals surface area contributed by atoms with Gasteiger partial charge in [0, 0.05) is 15.4 Å². The summed E-state index contributed by atoms with van der Waals surface area (Å²) >= 11 is 14.7. The molecule has 0 aliphatic heterocycles. The Morgan fingerprint density at radius 3 is 2.29 bits per heavy atom. The van der Waals surface area contributed by atoms with Crippen molar-refractivity contribution in [2.24, 2.45) is 0 Å². The largest absolute Gasteiger partial charge is 0.416 e. The van der Waals surface area contributed by atoms with Crippen LogP contribution in [0.3, 0.4) is 0 Å². The van der Waals surface area contributed by atoms with Gasteiger partial charge in [-0.2, -0.15) is 13.2 Å². The molecule has 2 nitrogen and oxygen atoms in total. The second kappa shape index (κ2) is 6.86. The molecule has 0 bridgehead atoms. The van der Waals surface area contributed by atoms with Crippen molar-refractivity contribution in [3.05, 3.63) is 47.2 Å². The molecule has 0 unspecified atom stereocenters. The number of alkyl halides is 3. The van der Waals surface area contributed by atoms with Gasteiger partial charge in [0.2, 0.25) is 0 Å². The molecule has 2 aromatic heterocycles. The number of halogens is 7. The number of nitrogens with zero attached hydrogens (tertiary/aromatic N) is 1. The fourth-order valence-corrected chi connectivity index (χ4v) is 4.90. The zero-order chi connectivity index (χ0) is 17.6. The highest BCUT2D eigenvalue weighted by Crippen LogP contribution is 2.41. The van der Waals surface area contributed by atoms with Crippen molar-refractivity contribution in [2.45, 2.75) is 6.18 Å². The third-order valence-corrected chi connectivity index (χ3v) is 7.64. The molecule has 10 heteroatoms. The van der Waals surface area contributed by atoms with Gasteiger partial charge < -0.3 is 4.98 Å². The van der Waals surface area contributed by atoms with Gasteiger partial charge in [0.15, 0.2) is 0 Å². The van der Waals surface area contributed by atoms with Crippen molar-refractivity contribution in [2.75, 3.05) is 0 Å². The second-order valence-corrected chi connectivity index (χ2v) is 8.86. The van der Waals surface area contributed by atoms with Crippen molar-refractivity contribution >= 4 is 75.1 Å². The fourth-order valence-electron chi connectivity index (χ4n) is 2.00. The predicted molar refractivity (Wildman–Crippen MR) is 103 cm³/mol. The monoisotopic (exact) mass is 606 g/mol. The van der Waals surface area contributed by atoms with E-state index in [0.29, 0.717) is 20.7 Å². The van der Waals surface area contributed by atoms with E-state index >= 15 is 0 Å². The van der Waals surface area contributed by atoms with Crippen LogP contribution < -0.4 is 0 Å². The summed E-state index contributed by atoms with van der Waals surface area (Å²) in [7, 11) is 0. The average Bonchev–Trinajstić information content (AvgIpc) is 3.07. The molecule has 1 aromatic carbocycles. The Labute approximate surface area is 172 Å². The van der Waals surface area contributed by atoms with E-state index in [1.54, 1.807) is 11.4 Å². The first-order chi connectivity index (χ1) is 11.2. The van der Waals surface area contributed by atoms with Gasteiger partial charge in [-0.1, -0.05) is 15.9 Å². The van der Waals surface area contributed by atoms with Gasteiger partial charge in [-0.15, -0.1) is 11.3 Å². The van der Waals surface area contributed by atoms with Crippen LogP contribution in [-0.4, -0.2) is 9.97 Å². The Bertz CT molecular complexity index is 917. The highest BCUT2D eigenvalue weighted by atomic mass is 79.9. The van der Waals surface area contributed by atoms with Crippen molar-refractivity contribution in [3.63, 3.8) is 0 Å². The van der Waals surface area contributed by atoms with E-state index in [1.165, 1.54) is 11.3 Å². The number of aromatic amines is 1. The van der Waals surface area contributed by atoms with Crippen LogP contribution in [0.15, 0.2) is 41.6 Å². The zero-order valence-electron chi connectivity index (χ0n) is 11.3. The van der Waals surface area contributed by atoms with Crippen LogP contribution in [0.2, 0.25) is 0 Å². The number of hydrogen-bond donors (Lipinski definition) is 1. The third-order valence-electron chi connectivity index (χ3n) is 3.08. The molecule has 2 heterocycles. The topological polar surface area (TPSA) is 28.7 Å². The maximum absolute atomic E-state index is 13.0. The van der Waals surface area contributed by atoms with Crippen molar-refractivity contribution in [3.8, 4) is 22.0 Å². The first-order valence-electron chi connectivity index (χ1n) is 6.23. The van der Waals surface area contributed by atoms with Gasteiger partial charge in [-0.25, -0.2) is 4.98 Å². The van der Waals surface area contributed by atoms with Gasteiger partial charge in [-0.05, 0) is 66.0 Å². The fraction of sp³-hybridized carbons (Fsp3) is 0.0714. The molecule has 24 heavy (non-hydrogen) atoms. The van der Waals surface area contributed by atoms with Crippen molar-refractivity contribution < 1.29 is 13.2 Å². The number of thiazole rings is 1. The van der Waals surface area contributed by atoms with Crippen molar-refractivity contribution in [1.29, 1.82) is 0 Å². The highest BCUT2D eigenvalue weighted by Gasteiger charge is 2.31. The first-order valence-corrected chi connectivity index (χ1v) is 10.3. The molecule has 3 rings (SSSR count). The Morgan fingerprint density at radius 1 is 1.00 bits per heavy atom. The number of aromatic nitrogens is 2. The normalized spacial score (nSPS) is 12.0. The Hall–Kier alpha value is -0.160. The molecule has 0 amide bonds. The Morgan fingerprint density at radius 2 is 1.71 bits per heavy atom. The summed E-state index contributed by atoms with van der Waals surface area (Å²) in [6, 6.07) is 3.76. The van der Waals surface area contributed by atoms with Crippen LogP contribution in [0.5, 0.6) is 0 Å². The molecule has 0 spiro atoms. The van der Waals surface area contributed by atoms with Gasteiger partial charge in [0.1, 0.15) is 5.01 Å². The number of nitrogens with one attached hydrogen (secondary N) is 1. The smallest absolute Gasteiger partial charge is 0.345 e. The Kier molecular flexibility index (Phi) is 5.33. The molecule has 0 radical (unpaired) electrons. The molecule has 1 N–H and O–H groups in total. The minimum absolute atomic E-state index is 0.355. The van der Waals surface area contributed by atoms with Crippen LogP contribution in [0.4, 0.5) is 13.2 Å². The number of H-pyrrole nitrogens is 1. The molecule has 0 saturated heterocycles. The van der Waals surface area contributed by atoms with E-state index in [-0.39, 0.29) is 0 Å². The second-order valence-electron chi connectivity index (χ2n) is 4.71. The number of rotatable bonds is 2. The molecule has 0 aliphatic rings. The molecule has 0 saturated carbocycles. The van der Waals surface area contributed by atoms with Gasteiger partial charge >= 0.3 is 6.18 Å². The molecule has 3 aromatic rings. The number of hydrogen-bond acceptors (Lipinski definition) is 2. The van der Waals surface area contributed by atoms with E-state index in [2.05, 4.69) is 73.7 Å². The summed E-state index contributed by atoms with van der Waals surface area (Å²) in [5.74, 6) is 0. The third kappa shape index (κ3) is 3.67. The SMILES string of the molecule is FC(F)(F)c1cc(Br)cc(-c2csc(-c3[nH]c(Br)c(Br)c3Br)n2)c1. The standard InChI is InChI=1S/C14H5Br4F3N2S/c15-7-2-5(1-6(3-7)14(19,20)21)8-4-24-13(22-8)11-9(16)10(17)12(18)23-11/h1-4,23H. The van der Waals surface area contributed by atoms with Crippen LogP contribution in [0, 0.1) is 0 Å². The lowest BCUT2D eigenvalue weighted by Crippen LogP contribution is -2.04. The van der Waals surface area contributed by atoms with Crippen LogP contribution in [0.1, 0.15) is 5.56 Å². The summed E-state index contributed by atoms with van der Waals surface area (Å²) in [4.78, 5) is 7.58.